The molecule has 0 saturated heterocycles. The molecule has 0 heterocycles. The van der Waals surface area contributed by atoms with Crippen molar-refractivity contribution in [1.82, 2.24) is 0 Å². The third kappa shape index (κ3) is 3.00. The molecular formula is C11H12N2OS. The van der Waals surface area contributed by atoms with E-state index in [9.17, 15) is 4.79 Å². The molecule has 1 amide bonds. The topological polar surface area (TPSA) is 52.9 Å². The largest absolute Gasteiger partial charge is 0.324 e. The molecule has 15 heavy (non-hydrogen) atoms. The second-order valence-electron chi connectivity index (χ2n) is 3.02. The van der Waals surface area contributed by atoms with E-state index in [2.05, 4.69) is 5.32 Å². The Balaban J connectivity index is 2.81. The summed E-state index contributed by atoms with van der Waals surface area (Å²) in [7, 11) is 0. The van der Waals surface area contributed by atoms with Crippen LogP contribution in [0.2, 0.25) is 0 Å². The minimum absolute atomic E-state index is 0.0785. The lowest BCUT2D eigenvalue weighted by atomic mass is 10.2. The summed E-state index contributed by atoms with van der Waals surface area (Å²) in [6, 6.07) is 9.00. The number of nitrogens with one attached hydrogen (secondary N) is 1. The van der Waals surface area contributed by atoms with Crippen LogP contribution in [0.1, 0.15) is 12.5 Å². The summed E-state index contributed by atoms with van der Waals surface area (Å²) < 4.78 is 0. The van der Waals surface area contributed by atoms with E-state index in [0.29, 0.717) is 11.3 Å². The van der Waals surface area contributed by atoms with E-state index in [4.69, 9.17) is 5.26 Å². The molecule has 1 rings (SSSR count). The number of benzene rings is 1. The highest BCUT2D eigenvalue weighted by molar-refractivity contribution is 7.99. The van der Waals surface area contributed by atoms with Crippen molar-refractivity contribution in [2.45, 2.75) is 12.2 Å². The van der Waals surface area contributed by atoms with Crippen LogP contribution in [0.5, 0.6) is 0 Å². The molecule has 1 aromatic carbocycles. The van der Waals surface area contributed by atoms with Gasteiger partial charge in [0.15, 0.2) is 0 Å². The summed E-state index contributed by atoms with van der Waals surface area (Å²) in [5.74, 6) is -0.0785. The van der Waals surface area contributed by atoms with Gasteiger partial charge in [-0.15, -0.1) is 0 Å². The summed E-state index contributed by atoms with van der Waals surface area (Å²) >= 11 is 1.47. The zero-order valence-corrected chi connectivity index (χ0v) is 9.47. The maximum atomic E-state index is 11.6. The van der Waals surface area contributed by atoms with Crippen molar-refractivity contribution in [3.05, 3.63) is 29.8 Å². The second kappa shape index (κ2) is 5.42. The summed E-state index contributed by atoms with van der Waals surface area (Å²) in [6.07, 6.45) is 1.88. The predicted octanol–water partition coefficient (Wildman–Crippen LogP) is 2.25. The Hall–Kier alpha value is -1.47. The van der Waals surface area contributed by atoms with E-state index < -0.39 is 0 Å². The van der Waals surface area contributed by atoms with Gasteiger partial charge in [-0.25, -0.2) is 0 Å². The molecule has 0 aliphatic carbocycles. The van der Waals surface area contributed by atoms with E-state index in [1.54, 1.807) is 24.3 Å². The molecule has 78 valence electrons. The monoisotopic (exact) mass is 220 g/mol. The second-order valence-corrected chi connectivity index (χ2v) is 4.20. The minimum atomic E-state index is -0.114. The number of para-hydroxylation sites is 1. The SMILES string of the molecule is CS[C@H](C)C(=O)Nc1ccccc1C#N. The quantitative estimate of drug-likeness (QED) is 0.850. The molecule has 0 unspecified atom stereocenters. The van der Waals surface area contributed by atoms with Gasteiger partial charge >= 0.3 is 0 Å². The first-order chi connectivity index (χ1) is 7.19. The maximum Gasteiger partial charge on any atom is 0.237 e. The molecule has 1 aromatic rings. The van der Waals surface area contributed by atoms with Crippen LogP contribution in [-0.2, 0) is 4.79 Å². The van der Waals surface area contributed by atoms with Gasteiger partial charge in [-0.2, -0.15) is 17.0 Å². The minimum Gasteiger partial charge on any atom is -0.324 e. The molecule has 0 aliphatic rings. The zero-order valence-electron chi connectivity index (χ0n) is 8.65. The Morgan fingerprint density at radius 2 is 2.20 bits per heavy atom. The number of thioether (sulfide) groups is 1. The number of amides is 1. The van der Waals surface area contributed by atoms with E-state index in [1.165, 1.54) is 11.8 Å². The van der Waals surface area contributed by atoms with Gasteiger partial charge in [-0.1, -0.05) is 12.1 Å². The molecule has 0 bridgehead atoms. The van der Waals surface area contributed by atoms with Crippen molar-refractivity contribution >= 4 is 23.4 Å². The predicted molar refractivity (Wildman–Crippen MR) is 62.8 cm³/mol. The van der Waals surface area contributed by atoms with Gasteiger partial charge in [0, 0.05) is 0 Å². The van der Waals surface area contributed by atoms with Crippen molar-refractivity contribution < 1.29 is 4.79 Å². The van der Waals surface area contributed by atoms with Crippen molar-refractivity contribution in [1.29, 1.82) is 5.26 Å². The summed E-state index contributed by atoms with van der Waals surface area (Å²) in [5, 5.41) is 11.4. The molecule has 0 aromatic heterocycles. The summed E-state index contributed by atoms with van der Waals surface area (Å²) in [4.78, 5) is 11.6. The summed E-state index contributed by atoms with van der Waals surface area (Å²) in [5.41, 5.74) is 1.06. The van der Waals surface area contributed by atoms with Gasteiger partial charge in [0.25, 0.3) is 0 Å². The average Bonchev–Trinajstić information content (AvgIpc) is 2.28. The fraction of sp³-hybridized carbons (Fsp3) is 0.273. The molecule has 4 heteroatoms. The lowest BCUT2D eigenvalue weighted by molar-refractivity contribution is -0.115. The highest BCUT2D eigenvalue weighted by Crippen LogP contribution is 2.15. The van der Waals surface area contributed by atoms with E-state index in [1.807, 2.05) is 19.2 Å². The number of hydrogen-bond donors (Lipinski definition) is 1. The summed E-state index contributed by atoms with van der Waals surface area (Å²) in [6.45, 7) is 1.83. The van der Waals surface area contributed by atoms with Gasteiger partial charge in [-0.05, 0) is 25.3 Å². The molecular weight excluding hydrogens is 208 g/mol. The van der Waals surface area contributed by atoms with Gasteiger partial charge < -0.3 is 5.32 Å². The van der Waals surface area contributed by atoms with Crippen LogP contribution in [-0.4, -0.2) is 17.4 Å². The first-order valence-corrected chi connectivity index (χ1v) is 5.80. The van der Waals surface area contributed by atoms with Gasteiger partial charge in [-0.3, -0.25) is 4.79 Å². The van der Waals surface area contributed by atoms with E-state index in [-0.39, 0.29) is 11.2 Å². The van der Waals surface area contributed by atoms with Crippen LogP contribution < -0.4 is 5.32 Å². The number of hydrogen-bond acceptors (Lipinski definition) is 3. The highest BCUT2D eigenvalue weighted by atomic mass is 32.2. The van der Waals surface area contributed by atoms with Crippen LogP contribution in [0.15, 0.2) is 24.3 Å². The Bertz CT molecular complexity index is 398. The Labute approximate surface area is 93.5 Å². The number of nitriles is 1. The number of nitrogens with zero attached hydrogens (tertiary/aromatic N) is 1. The molecule has 0 spiro atoms. The number of rotatable bonds is 3. The molecule has 1 atom stereocenters. The van der Waals surface area contributed by atoms with Crippen molar-refractivity contribution in [3.63, 3.8) is 0 Å². The fourth-order valence-electron chi connectivity index (χ4n) is 1.03. The van der Waals surface area contributed by atoms with Gasteiger partial charge in [0.1, 0.15) is 6.07 Å². The van der Waals surface area contributed by atoms with Crippen molar-refractivity contribution in [2.75, 3.05) is 11.6 Å². The molecule has 0 aliphatic heterocycles. The Morgan fingerprint density at radius 3 is 2.80 bits per heavy atom. The maximum absolute atomic E-state index is 11.6. The normalized spacial score (nSPS) is 11.5. The van der Waals surface area contributed by atoms with Crippen LogP contribution >= 0.6 is 11.8 Å². The Kier molecular flexibility index (Phi) is 4.19. The highest BCUT2D eigenvalue weighted by Gasteiger charge is 2.12. The molecule has 1 N–H and O–H groups in total. The van der Waals surface area contributed by atoms with Crippen LogP contribution in [0.3, 0.4) is 0 Å². The molecule has 0 fully saturated rings. The van der Waals surface area contributed by atoms with Crippen molar-refractivity contribution in [3.8, 4) is 6.07 Å². The third-order valence-electron chi connectivity index (χ3n) is 2.03. The number of anilines is 1. The van der Waals surface area contributed by atoms with E-state index in [0.717, 1.165) is 0 Å². The number of carbonyl (C=O) groups excluding carboxylic acids is 1. The van der Waals surface area contributed by atoms with Gasteiger partial charge in [0.2, 0.25) is 5.91 Å². The van der Waals surface area contributed by atoms with Crippen molar-refractivity contribution in [2.24, 2.45) is 0 Å². The first-order valence-electron chi connectivity index (χ1n) is 4.52. The van der Waals surface area contributed by atoms with Crippen LogP contribution in [0.25, 0.3) is 0 Å². The molecule has 0 saturated carbocycles. The Morgan fingerprint density at radius 1 is 1.53 bits per heavy atom. The van der Waals surface area contributed by atoms with E-state index >= 15 is 0 Å². The fourth-order valence-corrected chi connectivity index (χ4v) is 1.30. The number of carbonyl (C=O) groups is 1. The first kappa shape index (κ1) is 11.6. The van der Waals surface area contributed by atoms with Crippen LogP contribution in [0.4, 0.5) is 5.69 Å². The lowest BCUT2D eigenvalue weighted by Gasteiger charge is -2.10. The van der Waals surface area contributed by atoms with Gasteiger partial charge in [0.05, 0.1) is 16.5 Å². The molecule has 0 radical (unpaired) electrons. The molecule has 3 nitrogen and oxygen atoms in total. The van der Waals surface area contributed by atoms with Crippen LogP contribution in [0, 0.1) is 11.3 Å². The standard InChI is InChI=1S/C11H12N2OS/c1-8(15-2)11(14)13-10-6-4-3-5-9(10)7-12/h3-6,8H,1-2H3,(H,13,14)/t8-/m1/s1. The third-order valence-corrected chi connectivity index (χ3v) is 2.95. The lowest BCUT2D eigenvalue weighted by Crippen LogP contribution is -2.22. The smallest absolute Gasteiger partial charge is 0.237 e. The zero-order chi connectivity index (χ0) is 11.3. The average molecular weight is 220 g/mol.